The van der Waals surface area contributed by atoms with E-state index in [-0.39, 0.29) is 0 Å². The van der Waals surface area contributed by atoms with Gasteiger partial charge in [0.1, 0.15) is 0 Å². The number of hydrogen-bond donors (Lipinski definition) is 1. The summed E-state index contributed by atoms with van der Waals surface area (Å²) in [6.07, 6.45) is 2.20. The largest absolute Gasteiger partial charge is 0.478 e. The highest BCUT2D eigenvalue weighted by Gasteiger charge is 2.14. The molecule has 17 heavy (non-hydrogen) atoms. The Balaban J connectivity index is 2.63. The van der Waals surface area contributed by atoms with Gasteiger partial charge in [-0.25, -0.2) is 4.79 Å². The summed E-state index contributed by atoms with van der Waals surface area (Å²) < 4.78 is 0. The molecule has 1 N–H and O–H groups in total. The molecule has 2 aromatic rings. The van der Waals surface area contributed by atoms with Gasteiger partial charge < -0.3 is 5.11 Å². The fourth-order valence-electron chi connectivity index (χ4n) is 1.90. The molecule has 0 unspecified atom stereocenters. The quantitative estimate of drug-likeness (QED) is 0.876. The minimum absolute atomic E-state index is 0.335. The van der Waals surface area contributed by atoms with Crippen molar-refractivity contribution in [1.29, 1.82) is 0 Å². The third kappa shape index (κ3) is 2.18. The Morgan fingerprint density at radius 3 is 2.53 bits per heavy atom. The Bertz CT molecular complexity index is 535. The van der Waals surface area contributed by atoms with Crippen LogP contribution in [0.4, 0.5) is 0 Å². The summed E-state index contributed by atoms with van der Waals surface area (Å²) in [6.45, 7) is 1.94. The van der Waals surface area contributed by atoms with Crippen LogP contribution in [-0.2, 0) is 6.42 Å². The number of carbonyl (C=O) groups is 1. The Morgan fingerprint density at radius 2 is 1.94 bits per heavy atom. The number of nitrogens with zero attached hydrogens (tertiary/aromatic N) is 1. The zero-order valence-corrected chi connectivity index (χ0v) is 9.55. The second-order valence-electron chi connectivity index (χ2n) is 3.71. The number of carboxylic acid groups (broad SMARTS) is 1. The summed E-state index contributed by atoms with van der Waals surface area (Å²) >= 11 is 0. The van der Waals surface area contributed by atoms with E-state index in [4.69, 9.17) is 5.11 Å². The molecular formula is C14H13NO2. The predicted molar refractivity (Wildman–Crippen MR) is 66.0 cm³/mol. The monoisotopic (exact) mass is 227 g/mol. The van der Waals surface area contributed by atoms with Gasteiger partial charge in [0.2, 0.25) is 0 Å². The molecule has 0 spiro atoms. The number of hydrogen-bond acceptors (Lipinski definition) is 2. The van der Waals surface area contributed by atoms with Gasteiger partial charge in [-0.2, -0.15) is 0 Å². The maximum atomic E-state index is 11.1. The van der Waals surface area contributed by atoms with E-state index < -0.39 is 5.97 Å². The molecule has 0 saturated carbocycles. The topological polar surface area (TPSA) is 50.2 Å². The fourth-order valence-corrected chi connectivity index (χ4v) is 1.90. The summed E-state index contributed by atoms with van der Waals surface area (Å²) in [6, 6.07) is 11.2. The van der Waals surface area contributed by atoms with E-state index in [0.717, 1.165) is 16.8 Å². The lowest BCUT2D eigenvalue weighted by Gasteiger charge is -2.09. The van der Waals surface area contributed by atoms with Gasteiger partial charge >= 0.3 is 5.97 Å². The van der Waals surface area contributed by atoms with Crippen LogP contribution in [0.2, 0.25) is 0 Å². The van der Waals surface area contributed by atoms with E-state index in [1.165, 1.54) is 0 Å². The molecule has 0 bridgehead atoms. The van der Waals surface area contributed by atoms with E-state index in [0.29, 0.717) is 12.0 Å². The van der Waals surface area contributed by atoms with Crippen LogP contribution in [0.25, 0.3) is 11.3 Å². The molecule has 2 rings (SSSR count). The molecular weight excluding hydrogens is 214 g/mol. The molecule has 1 aromatic carbocycles. The van der Waals surface area contributed by atoms with Crippen molar-refractivity contribution >= 4 is 5.97 Å². The Hall–Kier alpha value is -2.16. The van der Waals surface area contributed by atoms with E-state index in [1.807, 2.05) is 37.3 Å². The molecule has 1 aromatic heterocycles. The third-order valence-electron chi connectivity index (χ3n) is 2.69. The maximum Gasteiger partial charge on any atom is 0.336 e. The van der Waals surface area contributed by atoms with Gasteiger partial charge in [0, 0.05) is 11.8 Å². The number of benzene rings is 1. The molecule has 0 atom stereocenters. The molecule has 0 aliphatic heterocycles. The second-order valence-corrected chi connectivity index (χ2v) is 3.71. The van der Waals surface area contributed by atoms with Crippen molar-refractivity contribution in [3.63, 3.8) is 0 Å². The lowest BCUT2D eigenvalue weighted by molar-refractivity contribution is 0.0695. The number of aromatic nitrogens is 1. The average molecular weight is 227 g/mol. The first-order valence-electron chi connectivity index (χ1n) is 5.50. The molecule has 0 fully saturated rings. The van der Waals surface area contributed by atoms with Crippen molar-refractivity contribution in [3.8, 4) is 11.3 Å². The zero-order valence-electron chi connectivity index (χ0n) is 9.55. The van der Waals surface area contributed by atoms with E-state index >= 15 is 0 Å². The lowest BCUT2D eigenvalue weighted by atomic mass is 9.99. The minimum Gasteiger partial charge on any atom is -0.478 e. The van der Waals surface area contributed by atoms with E-state index in [1.54, 1.807) is 12.3 Å². The molecule has 0 radical (unpaired) electrons. The van der Waals surface area contributed by atoms with Crippen LogP contribution in [0, 0.1) is 0 Å². The summed E-state index contributed by atoms with van der Waals surface area (Å²) in [4.78, 5) is 15.4. The molecule has 3 nitrogen and oxygen atoms in total. The van der Waals surface area contributed by atoms with Gasteiger partial charge in [-0.15, -0.1) is 0 Å². The van der Waals surface area contributed by atoms with Gasteiger partial charge in [0.15, 0.2) is 0 Å². The number of pyridine rings is 1. The SMILES string of the molecule is CCc1c(C(=O)O)ccnc1-c1ccccc1. The fraction of sp³-hybridized carbons (Fsp3) is 0.143. The average Bonchev–Trinajstić information content (AvgIpc) is 2.38. The van der Waals surface area contributed by atoms with Crippen molar-refractivity contribution < 1.29 is 9.90 Å². The Morgan fingerprint density at radius 1 is 1.24 bits per heavy atom. The highest BCUT2D eigenvalue weighted by Crippen LogP contribution is 2.24. The first-order chi connectivity index (χ1) is 8.24. The van der Waals surface area contributed by atoms with Crippen LogP contribution in [0.3, 0.4) is 0 Å². The lowest BCUT2D eigenvalue weighted by Crippen LogP contribution is -2.04. The molecule has 0 aliphatic rings. The van der Waals surface area contributed by atoms with E-state index in [2.05, 4.69) is 4.98 Å². The minimum atomic E-state index is -0.901. The van der Waals surface area contributed by atoms with E-state index in [9.17, 15) is 4.79 Å². The third-order valence-corrected chi connectivity index (χ3v) is 2.69. The first kappa shape index (κ1) is 11.3. The number of carboxylic acids is 1. The van der Waals surface area contributed by atoms with Gasteiger partial charge in [0.05, 0.1) is 11.3 Å². The van der Waals surface area contributed by atoms with Crippen molar-refractivity contribution in [2.45, 2.75) is 13.3 Å². The molecule has 1 heterocycles. The van der Waals surface area contributed by atoms with Crippen LogP contribution < -0.4 is 0 Å². The molecule has 0 amide bonds. The normalized spacial score (nSPS) is 10.2. The van der Waals surface area contributed by atoms with Crippen LogP contribution >= 0.6 is 0 Å². The summed E-state index contributed by atoms with van der Waals surface area (Å²) in [5, 5.41) is 9.14. The van der Waals surface area contributed by atoms with Crippen molar-refractivity contribution in [2.75, 3.05) is 0 Å². The van der Waals surface area contributed by atoms with Crippen LogP contribution in [0.15, 0.2) is 42.6 Å². The standard InChI is InChI=1S/C14H13NO2/c1-2-11-12(14(16)17)8-9-15-13(11)10-6-4-3-5-7-10/h3-9H,2H2,1H3,(H,16,17). The second kappa shape index (κ2) is 4.78. The number of aromatic carboxylic acids is 1. The van der Waals surface area contributed by atoms with Crippen molar-refractivity contribution in [1.82, 2.24) is 4.98 Å². The molecule has 0 saturated heterocycles. The van der Waals surface area contributed by atoms with Gasteiger partial charge in [-0.05, 0) is 18.1 Å². The molecule has 3 heteroatoms. The Kier molecular flexibility index (Phi) is 3.19. The van der Waals surface area contributed by atoms with Crippen LogP contribution in [0.1, 0.15) is 22.8 Å². The smallest absolute Gasteiger partial charge is 0.336 e. The summed E-state index contributed by atoms with van der Waals surface area (Å²) in [5.74, 6) is -0.901. The summed E-state index contributed by atoms with van der Waals surface area (Å²) in [7, 11) is 0. The highest BCUT2D eigenvalue weighted by molar-refractivity contribution is 5.91. The highest BCUT2D eigenvalue weighted by atomic mass is 16.4. The van der Waals surface area contributed by atoms with Gasteiger partial charge in [-0.3, -0.25) is 4.98 Å². The molecule has 86 valence electrons. The maximum absolute atomic E-state index is 11.1. The zero-order chi connectivity index (χ0) is 12.3. The van der Waals surface area contributed by atoms with Crippen LogP contribution in [0.5, 0.6) is 0 Å². The van der Waals surface area contributed by atoms with Gasteiger partial charge in [-0.1, -0.05) is 37.3 Å². The summed E-state index contributed by atoms with van der Waals surface area (Å²) in [5.41, 5.74) is 2.83. The van der Waals surface area contributed by atoms with Crippen molar-refractivity contribution in [2.24, 2.45) is 0 Å². The van der Waals surface area contributed by atoms with Gasteiger partial charge in [0.25, 0.3) is 0 Å². The van der Waals surface area contributed by atoms with Crippen molar-refractivity contribution in [3.05, 3.63) is 53.7 Å². The Labute approximate surface area is 99.8 Å². The predicted octanol–water partition coefficient (Wildman–Crippen LogP) is 3.01. The van der Waals surface area contributed by atoms with Crippen LogP contribution in [-0.4, -0.2) is 16.1 Å². The number of rotatable bonds is 3. The molecule has 0 aliphatic carbocycles. The first-order valence-corrected chi connectivity index (χ1v) is 5.50.